The number of nitrogens with zero attached hydrogens (tertiary/aromatic N) is 2. The maximum atomic E-state index is 8.72. The summed E-state index contributed by atoms with van der Waals surface area (Å²) in [5, 5.41) is 17.3. The highest BCUT2D eigenvalue weighted by Gasteiger charge is 2.12. The van der Waals surface area contributed by atoms with Crippen molar-refractivity contribution in [1.82, 2.24) is 0 Å². The summed E-state index contributed by atoms with van der Waals surface area (Å²) in [5.74, 6) is 0.747. The monoisotopic (exact) mass is 184 g/mol. The van der Waals surface area contributed by atoms with E-state index < -0.39 is 0 Å². The average molecular weight is 184 g/mol. The highest BCUT2D eigenvalue weighted by Crippen LogP contribution is 2.25. The van der Waals surface area contributed by atoms with Crippen molar-refractivity contribution in [2.45, 2.75) is 0 Å². The van der Waals surface area contributed by atoms with E-state index in [2.05, 4.69) is 0 Å². The zero-order valence-electron chi connectivity index (χ0n) is 7.02. The molecule has 2 aromatic heterocycles. The molecule has 66 valence electrons. The molecule has 4 heteroatoms. The van der Waals surface area contributed by atoms with Crippen LogP contribution in [0.15, 0.2) is 33.5 Å². The Morgan fingerprint density at radius 1 is 1.14 bits per heavy atom. The van der Waals surface area contributed by atoms with Gasteiger partial charge in [-0.25, -0.2) is 0 Å². The smallest absolute Gasteiger partial charge is 0.186 e. The summed E-state index contributed by atoms with van der Waals surface area (Å²) < 4.78 is 10.1. The van der Waals surface area contributed by atoms with E-state index in [0.29, 0.717) is 22.6 Å². The third kappa shape index (κ3) is 1.16. The highest BCUT2D eigenvalue weighted by molar-refractivity contribution is 5.61. The Labute approximate surface area is 79.6 Å². The molecule has 0 atom stereocenters. The number of furan rings is 2. The van der Waals surface area contributed by atoms with Crippen LogP contribution in [0.3, 0.4) is 0 Å². The Morgan fingerprint density at radius 3 is 2.64 bits per heavy atom. The average Bonchev–Trinajstić information content (AvgIpc) is 2.85. The van der Waals surface area contributed by atoms with Crippen LogP contribution in [0.2, 0.25) is 0 Å². The van der Waals surface area contributed by atoms with Crippen molar-refractivity contribution in [3.05, 3.63) is 35.8 Å². The third-order valence-corrected chi connectivity index (χ3v) is 1.74. The van der Waals surface area contributed by atoms with Gasteiger partial charge in [0.2, 0.25) is 0 Å². The predicted molar refractivity (Wildman–Crippen MR) is 45.8 cm³/mol. The summed E-state index contributed by atoms with van der Waals surface area (Å²) in [6.07, 6.45) is 2.72. The third-order valence-electron chi connectivity index (χ3n) is 1.74. The molecule has 0 saturated carbocycles. The molecule has 0 N–H and O–H groups in total. The van der Waals surface area contributed by atoms with Crippen LogP contribution in [0.25, 0.3) is 11.5 Å². The molecule has 0 unspecified atom stereocenters. The van der Waals surface area contributed by atoms with Crippen LogP contribution in [-0.2, 0) is 0 Å². The van der Waals surface area contributed by atoms with E-state index >= 15 is 0 Å². The molecule has 0 fully saturated rings. The fraction of sp³-hybridized carbons (Fsp3) is 0. The number of hydrogen-bond acceptors (Lipinski definition) is 4. The van der Waals surface area contributed by atoms with Crippen LogP contribution in [0.4, 0.5) is 0 Å². The quantitative estimate of drug-likeness (QED) is 0.681. The van der Waals surface area contributed by atoms with Gasteiger partial charge in [0.05, 0.1) is 11.8 Å². The van der Waals surface area contributed by atoms with Gasteiger partial charge in [0.1, 0.15) is 24.0 Å². The molecule has 0 aromatic carbocycles. The normalized spacial score (nSPS) is 9.29. The topological polar surface area (TPSA) is 73.9 Å². The highest BCUT2D eigenvalue weighted by atomic mass is 16.4. The van der Waals surface area contributed by atoms with Gasteiger partial charge in [-0.3, -0.25) is 0 Å². The van der Waals surface area contributed by atoms with E-state index in [-0.39, 0.29) is 0 Å². The fourth-order valence-corrected chi connectivity index (χ4v) is 1.10. The molecule has 0 bridgehead atoms. The first kappa shape index (κ1) is 8.15. The molecular formula is C10H4N2O2. The van der Waals surface area contributed by atoms with E-state index in [1.807, 2.05) is 12.1 Å². The Morgan fingerprint density at radius 2 is 2.00 bits per heavy atom. The SMILES string of the molecule is N#Cc1coc(-c2occc2C#N)c1. The second-order valence-corrected chi connectivity index (χ2v) is 2.59. The molecule has 0 saturated heterocycles. The Bertz CT molecular complexity index is 537. The summed E-state index contributed by atoms with van der Waals surface area (Å²) in [5.41, 5.74) is 0.795. The van der Waals surface area contributed by atoms with Crippen molar-refractivity contribution in [2.75, 3.05) is 0 Å². The summed E-state index contributed by atoms with van der Waals surface area (Å²) >= 11 is 0. The molecule has 0 radical (unpaired) electrons. The minimum absolute atomic E-state index is 0.356. The molecule has 0 spiro atoms. The lowest BCUT2D eigenvalue weighted by atomic mass is 10.2. The Kier molecular flexibility index (Phi) is 1.82. The minimum atomic E-state index is 0.356. The fourth-order valence-electron chi connectivity index (χ4n) is 1.10. The maximum Gasteiger partial charge on any atom is 0.186 e. The van der Waals surface area contributed by atoms with Crippen molar-refractivity contribution in [3.63, 3.8) is 0 Å². The zero-order valence-corrected chi connectivity index (χ0v) is 7.02. The van der Waals surface area contributed by atoms with Gasteiger partial charge in [-0.1, -0.05) is 0 Å². The van der Waals surface area contributed by atoms with E-state index in [9.17, 15) is 0 Å². The van der Waals surface area contributed by atoms with E-state index in [1.54, 1.807) is 6.07 Å². The molecule has 0 amide bonds. The molecule has 2 rings (SSSR count). The molecule has 0 aliphatic carbocycles. The number of nitriles is 2. The van der Waals surface area contributed by atoms with Crippen LogP contribution >= 0.6 is 0 Å². The van der Waals surface area contributed by atoms with Gasteiger partial charge in [-0.2, -0.15) is 10.5 Å². The lowest BCUT2D eigenvalue weighted by molar-refractivity contribution is 0.523. The molecule has 4 nitrogen and oxygen atoms in total. The van der Waals surface area contributed by atoms with Crippen molar-refractivity contribution in [1.29, 1.82) is 10.5 Å². The van der Waals surface area contributed by atoms with E-state index in [0.717, 1.165) is 0 Å². The van der Waals surface area contributed by atoms with Gasteiger partial charge in [-0.05, 0) is 6.07 Å². The second kappa shape index (κ2) is 3.12. The van der Waals surface area contributed by atoms with Gasteiger partial charge in [0.25, 0.3) is 0 Å². The van der Waals surface area contributed by atoms with Crippen LogP contribution in [0.1, 0.15) is 11.1 Å². The molecular weight excluding hydrogens is 180 g/mol. The Balaban J connectivity index is 2.51. The van der Waals surface area contributed by atoms with E-state index in [1.165, 1.54) is 18.6 Å². The standard InChI is InChI=1S/C10H4N2O2/c11-4-7-3-9(14-6-7)10-8(5-12)1-2-13-10/h1-3,6H. The van der Waals surface area contributed by atoms with Crippen molar-refractivity contribution >= 4 is 0 Å². The minimum Gasteiger partial charge on any atom is -0.460 e. The zero-order chi connectivity index (χ0) is 9.97. The lowest BCUT2D eigenvalue weighted by Gasteiger charge is -1.88. The molecule has 2 heterocycles. The van der Waals surface area contributed by atoms with Crippen molar-refractivity contribution in [2.24, 2.45) is 0 Å². The van der Waals surface area contributed by atoms with Gasteiger partial charge in [0.15, 0.2) is 11.5 Å². The Hall–Kier alpha value is -2.46. The molecule has 14 heavy (non-hydrogen) atoms. The number of hydrogen-bond donors (Lipinski definition) is 0. The second-order valence-electron chi connectivity index (χ2n) is 2.59. The predicted octanol–water partition coefficient (Wildman–Crippen LogP) is 2.28. The molecule has 2 aromatic rings. The summed E-state index contributed by atoms with van der Waals surface area (Å²) in [4.78, 5) is 0. The lowest BCUT2D eigenvalue weighted by Crippen LogP contribution is -1.73. The first-order chi connectivity index (χ1) is 6.85. The van der Waals surface area contributed by atoms with Gasteiger partial charge < -0.3 is 8.83 Å². The van der Waals surface area contributed by atoms with E-state index in [4.69, 9.17) is 19.4 Å². The molecule has 0 aliphatic rings. The van der Waals surface area contributed by atoms with Crippen LogP contribution in [-0.4, -0.2) is 0 Å². The largest absolute Gasteiger partial charge is 0.460 e. The summed E-state index contributed by atoms with van der Waals surface area (Å²) in [6, 6.07) is 6.97. The van der Waals surface area contributed by atoms with Crippen LogP contribution < -0.4 is 0 Å². The van der Waals surface area contributed by atoms with Crippen molar-refractivity contribution < 1.29 is 8.83 Å². The van der Waals surface area contributed by atoms with Gasteiger partial charge in [0, 0.05) is 6.07 Å². The number of rotatable bonds is 1. The first-order valence-electron chi connectivity index (χ1n) is 3.81. The maximum absolute atomic E-state index is 8.72. The van der Waals surface area contributed by atoms with Crippen LogP contribution in [0.5, 0.6) is 0 Å². The first-order valence-corrected chi connectivity index (χ1v) is 3.81. The van der Waals surface area contributed by atoms with Crippen LogP contribution in [0, 0.1) is 22.7 Å². The van der Waals surface area contributed by atoms with Gasteiger partial charge in [-0.15, -0.1) is 0 Å². The van der Waals surface area contributed by atoms with Crippen molar-refractivity contribution in [3.8, 4) is 23.7 Å². The summed E-state index contributed by atoms with van der Waals surface area (Å²) in [7, 11) is 0. The molecule has 0 aliphatic heterocycles. The summed E-state index contributed by atoms with van der Waals surface area (Å²) in [6.45, 7) is 0. The van der Waals surface area contributed by atoms with Gasteiger partial charge >= 0.3 is 0 Å².